The van der Waals surface area contributed by atoms with Gasteiger partial charge < -0.3 is 4.74 Å². The molecule has 1 unspecified atom stereocenters. The zero-order valence-corrected chi connectivity index (χ0v) is 12.6. The van der Waals surface area contributed by atoms with Gasteiger partial charge in [0.15, 0.2) is 0 Å². The Morgan fingerprint density at radius 2 is 2.05 bits per heavy atom. The number of halogens is 1. The summed E-state index contributed by atoms with van der Waals surface area (Å²) >= 11 is 0. The van der Waals surface area contributed by atoms with E-state index in [9.17, 15) is 12.8 Å². The Bertz CT molecular complexity index is 557. The molecular weight excluding hydrogens is 281 g/mol. The van der Waals surface area contributed by atoms with E-state index in [-0.39, 0.29) is 17.5 Å². The summed E-state index contributed by atoms with van der Waals surface area (Å²) in [7, 11) is -2.31. The largest absolute Gasteiger partial charge is 0.383 e. The molecule has 1 atom stereocenters. The quantitative estimate of drug-likeness (QED) is 0.776. The zero-order valence-electron chi connectivity index (χ0n) is 11.8. The minimum Gasteiger partial charge on any atom is -0.383 e. The maximum absolute atomic E-state index is 13.8. The number of hydrogen-bond donors (Lipinski definition) is 0. The van der Waals surface area contributed by atoms with Crippen LogP contribution in [0, 0.1) is 11.7 Å². The van der Waals surface area contributed by atoms with Crippen LogP contribution in [-0.2, 0) is 14.8 Å². The molecule has 6 heteroatoms. The topological polar surface area (TPSA) is 46.6 Å². The first-order chi connectivity index (χ1) is 9.48. The van der Waals surface area contributed by atoms with Crippen molar-refractivity contribution in [2.45, 2.75) is 30.7 Å². The van der Waals surface area contributed by atoms with Crippen molar-refractivity contribution in [2.24, 2.45) is 5.92 Å². The number of hydrogen-bond acceptors (Lipinski definition) is 3. The number of benzene rings is 1. The van der Waals surface area contributed by atoms with Gasteiger partial charge in [0, 0.05) is 19.7 Å². The van der Waals surface area contributed by atoms with Gasteiger partial charge in [0.25, 0.3) is 0 Å². The van der Waals surface area contributed by atoms with Crippen molar-refractivity contribution in [1.29, 1.82) is 0 Å². The summed E-state index contributed by atoms with van der Waals surface area (Å²) in [6.07, 6.45) is 2.05. The summed E-state index contributed by atoms with van der Waals surface area (Å²) in [5, 5.41) is 0. The highest BCUT2D eigenvalue weighted by molar-refractivity contribution is 7.89. The van der Waals surface area contributed by atoms with Crippen molar-refractivity contribution in [2.75, 3.05) is 20.3 Å². The molecule has 0 N–H and O–H groups in total. The van der Waals surface area contributed by atoms with E-state index in [1.54, 1.807) is 0 Å². The molecule has 0 bridgehead atoms. The third-order valence-electron chi connectivity index (χ3n) is 3.70. The van der Waals surface area contributed by atoms with Crippen LogP contribution in [0.3, 0.4) is 0 Å². The highest BCUT2D eigenvalue weighted by Crippen LogP contribution is 2.37. The second-order valence-corrected chi connectivity index (χ2v) is 6.98. The standard InChI is InChI=1S/C14H20FNO3S/c1-11(12-7-8-12)16(9-10-19-2)20(17,18)14-6-4-3-5-13(14)15/h3-6,11-12H,7-10H2,1-2H3. The maximum atomic E-state index is 13.8. The Hall–Kier alpha value is -0.980. The lowest BCUT2D eigenvalue weighted by molar-refractivity contribution is 0.164. The van der Waals surface area contributed by atoms with Crippen LogP contribution in [0.1, 0.15) is 19.8 Å². The molecule has 0 amide bonds. The molecule has 20 heavy (non-hydrogen) atoms. The Balaban J connectivity index is 2.33. The van der Waals surface area contributed by atoms with Crippen molar-refractivity contribution in [3.8, 4) is 0 Å². The average molecular weight is 301 g/mol. The Morgan fingerprint density at radius 1 is 1.40 bits per heavy atom. The molecule has 1 aromatic rings. The van der Waals surface area contributed by atoms with Crippen molar-refractivity contribution in [1.82, 2.24) is 4.31 Å². The van der Waals surface area contributed by atoms with E-state index in [1.165, 1.54) is 35.7 Å². The van der Waals surface area contributed by atoms with E-state index in [4.69, 9.17) is 4.74 Å². The van der Waals surface area contributed by atoms with Crippen LogP contribution in [0.5, 0.6) is 0 Å². The van der Waals surface area contributed by atoms with Gasteiger partial charge in [-0.15, -0.1) is 0 Å². The smallest absolute Gasteiger partial charge is 0.246 e. The van der Waals surface area contributed by atoms with Gasteiger partial charge in [-0.25, -0.2) is 12.8 Å². The van der Waals surface area contributed by atoms with Crippen LogP contribution < -0.4 is 0 Å². The van der Waals surface area contributed by atoms with Crippen LogP contribution in [0.15, 0.2) is 29.2 Å². The molecule has 112 valence electrons. The molecule has 0 aromatic heterocycles. The summed E-state index contributed by atoms with van der Waals surface area (Å²) in [5.74, 6) is -0.341. The maximum Gasteiger partial charge on any atom is 0.246 e. The molecule has 0 aliphatic heterocycles. The molecule has 2 rings (SSSR count). The summed E-state index contributed by atoms with van der Waals surface area (Å²) in [4.78, 5) is -0.261. The minimum absolute atomic E-state index is 0.130. The fourth-order valence-corrected chi connectivity index (χ4v) is 4.06. The number of nitrogens with zero attached hydrogens (tertiary/aromatic N) is 1. The highest BCUT2D eigenvalue weighted by atomic mass is 32.2. The van der Waals surface area contributed by atoms with Gasteiger partial charge in [0.1, 0.15) is 10.7 Å². The second-order valence-electron chi connectivity index (χ2n) is 5.12. The van der Waals surface area contributed by atoms with Crippen LogP contribution >= 0.6 is 0 Å². The van der Waals surface area contributed by atoms with Crippen LogP contribution in [0.25, 0.3) is 0 Å². The lowest BCUT2D eigenvalue weighted by atomic mass is 10.2. The van der Waals surface area contributed by atoms with Crippen molar-refractivity contribution < 1.29 is 17.5 Å². The molecule has 1 aliphatic carbocycles. The summed E-state index contributed by atoms with van der Waals surface area (Å²) < 4.78 is 45.5. The molecule has 1 aliphatic rings. The van der Waals surface area contributed by atoms with Crippen molar-refractivity contribution in [3.05, 3.63) is 30.1 Å². The van der Waals surface area contributed by atoms with E-state index >= 15 is 0 Å². The molecule has 0 radical (unpaired) electrons. The van der Waals surface area contributed by atoms with E-state index in [1.807, 2.05) is 6.92 Å². The van der Waals surface area contributed by atoms with Gasteiger partial charge in [-0.05, 0) is 37.8 Å². The molecular formula is C14H20FNO3S. The second kappa shape index (κ2) is 6.20. The van der Waals surface area contributed by atoms with Crippen molar-refractivity contribution >= 4 is 10.0 Å². The van der Waals surface area contributed by atoms with Crippen LogP contribution in [-0.4, -0.2) is 39.0 Å². The third-order valence-corrected chi connectivity index (χ3v) is 5.72. The number of ether oxygens (including phenoxy) is 1. The molecule has 0 saturated heterocycles. The summed E-state index contributed by atoms with van der Waals surface area (Å²) in [6, 6.07) is 5.37. The first-order valence-electron chi connectivity index (χ1n) is 6.73. The zero-order chi connectivity index (χ0) is 14.8. The van der Waals surface area contributed by atoms with Gasteiger partial charge >= 0.3 is 0 Å². The first kappa shape index (κ1) is 15.4. The lowest BCUT2D eigenvalue weighted by Crippen LogP contribution is -2.42. The van der Waals surface area contributed by atoms with Gasteiger partial charge in [0.05, 0.1) is 6.61 Å². The SMILES string of the molecule is COCCN(C(C)C1CC1)S(=O)(=O)c1ccccc1F. The Kier molecular flexibility index (Phi) is 4.78. The fraction of sp³-hybridized carbons (Fsp3) is 0.571. The molecule has 4 nitrogen and oxygen atoms in total. The molecule has 0 spiro atoms. The van der Waals surface area contributed by atoms with Crippen molar-refractivity contribution in [3.63, 3.8) is 0 Å². The van der Waals surface area contributed by atoms with Crippen LogP contribution in [0.2, 0.25) is 0 Å². The van der Waals surface area contributed by atoms with Gasteiger partial charge in [-0.3, -0.25) is 0 Å². The van der Waals surface area contributed by atoms with Gasteiger partial charge in [-0.1, -0.05) is 12.1 Å². The fourth-order valence-electron chi connectivity index (χ4n) is 2.32. The number of sulfonamides is 1. The van der Waals surface area contributed by atoms with Crippen LogP contribution in [0.4, 0.5) is 4.39 Å². The highest BCUT2D eigenvalue weighted by Gasteiger charge is 2.38. The first-order valence-corrected chi connectivity index (χ1v) is 8.17. The average Bonchev–Trinajstić information content (AvgIpc) is 3.23. The molecule has 1 fully saturated rings. The minimum atomic E-state index is -3.83. The predicted molar refractivity (Wildman–Crippen MR) is 74.4 cm³/mol. The molecule has 1 saturated carbocycles. The van der Waals surface area contributed by atoms with E-state index in [0.717, 1.165) is 12.8 Å². The molecule has 1 aromatic carbocycles. The van der Waals surface area contributed by atoms with Gasteiger partial charge in [-0.2, -0.15) is 4.31 Å². The normalized spacial score (nSPS) is 17.4. The van der Waals surface area contributed by atoms with E-state index in [0.29, 0.717) is 12.5 Å². The monoisotopic (exact) mass is 301 g/mol. The predicted octanol–water partition coefficient (Wildman–Crippen LogP) is 2.26. The lowest BCUT2D eigenvalue weighted by Gasteiger charge is -2.28. The Labute approximate surface area is 119 Å². The van der Waals surface area contributed by atoms with E-state index in [2.05, 4.69) is 0 Å². The summed E-state index contributed by atoms with van der Waals surface area (Å²) in [6.45, 7) is 2.42. The molecule has 0 heterocycles. The van der Waals surface area contributed by atoms with E-state index < -0.39 is 15.8 Å². The number of rotatable bonds is 7. The Morgan fingerprint density at radius 3 is 2.60 bits per heavy atom. The third kappa shape index (κ3) is 3.19. The summed E-state index contributed by atoms with van der Waals surface area (Å²) in [5.41, 5.74) is 0. The van der Waals surface area contributed by atoms with Gasteiger partial charge in [0.2, 0.25) is 10.0 Å². The number of methoxy groups -OCH3 is 1.